The normalized spacial score (nSPS) is 24.2. The predicted molar refractivity (Wildman–Crippen MR) is 96.4 cm³/mol. The number of amides is 2. The summed E-state index contributed by atoms with van der Waals surface area (Å²) in [5.74, 6) is -0.295. The summed E-state index contributed by atoms with van der Waals surface area (Å²) < 4.78 is 0. The van der Waals surface area contributed by atoms with Crippen LogP contribution in [0.1, 0.15) is 37.6 Å². The molecule has 2 unspecified atom stereocenters. The summed E-state index contributed by atoms with van der Waals surface area (Å²) in [6.07, 6.45) is 3.23. The minimum absolute atomic E-state index is 0.124. The van der Waals surface area contributed by atoms with E-state index in [4.69, 9.17) is 0 Å². The van der Waals surface area contributed by atoms with Crippen LogP contribution >= 0.6 is 0 Å². The molecule has 2 rings (SSSR count). The van der Waals surface area contributed by atoms with Gasteiger partial charge in [0.05, 0.1) is 0 Å². The van der Waals surface area contributed by atoms with Gasteiger partial charge in [0.15, 0.2) is 0 Å². The van der Waals surface area contributed by atoms with Gasteiger partial charge in [0, 0.05) is 24.4 Å². The van der Waals surface area contributed by atoms with Crippen LogP contribution in [-0.4, -0.2) is 40.4 Å². The van der Waals surface area contributed by atoms with E-state index in [1.165, 1.54) is 0 Å². The SMILES string of the molecule is C=CCC1(C=C)C(=O)N(C)C(C(C)(C)C)N1C(=O)c1ccccc1. The Bertz CT molecular complexity index is 660. The van der Waals surface area contributed by atoms with Gasteiger partial charge in [-0.25, -0.2) is 0 Å². The molecule has 0 spiro atoms. The Morgan fingerprint density at radius 1 is 1.25 bits per heavy atom. The fraction of sp³-hybridized carbons (Fsp3) is 0.400. The molecule has 128 valence electrons. The molecule has 0 bridgehead atoms. The molecule has 1 saturated heterocycles. The van der Waals surface area contributed by atoms with Crippen molar-refractivity contribution in [2.75, 3.05) is 7.05 Å². The Morgan fingerprint density at radius 2 is 1.83 bits per heavy atom. The van der Waals surface area contributed by atoms with Gasteiger partial charge in [-0.05, 0) is 12.1 Å². The highest BCUT2D eigenvalue weighted by Crippen LogP contribution is 2.42. The summed E-state index contributed by atoms with van der Waals surface area (Å²) in [6, 6.07) is 9.05. The minimum Gasteiger partial charge on any atom is -0.322 e. The Balaban J connectivity index is 2.66. The maximum Gasteiger partial charge on any atom is 0.256 e. The Hall–Kier alpha value is -2.36. The quantitative estimate of drug-likeness (QED) is 0.795. The van der Waals surface area contributed by atoms with Crippen molar-refractivity contribution < 1.29 is 9.59 Å². The van der Waals surface area contributed by atoms with Crippen LogP contribution in [0.2, 0.25) is 0 Å². The van der Waals surface area contributed by atoms with E-state index in [1.807, 2.05) is 39.0 Å². The number of hydrogen-bond donors (Lipinski definition) is 0. The van der Waals surface area contributed by atoms with Gasteiger partial charge < -0.3 is 4.90 Å². The largest absolute Gasteiger partial charge is 0.322 e. The van der Waals surface area contributed by atoms with Crippen molar-refractivity contribution in [3.05, 3.63) is 61.2 Å². The number of carbonyl (C=O) groups excluding carboxylic acids is 2. The number of benzene rings is 1. The lowest BCUT2D eigenvalue weighted by molar-refractivity contribution is -0.131. The fourth-order valence-electron chi connectivity index (χ4n) is 3.57. The molecule has 4 nitrogen and oxygen atoms in total. The molecule has 24 heavy (non-hydrogen) atoms. The van der Waals surface area contributed by atoms with Crippen LogP contribution in [0, 0.1) is 5.41 Å². The lowest BCUT2D eigenvalue weighted by Gasteiger charge is -2.41. The van der Waals surface area contributed by atoms with Crippen LogP contribution in [-0.2, 0) is 4.79 Å². The minimum atomic E-state index is -1.10. The van der Waals surface area contributed by atoms with Gasteiger partial charge in [0.2, 0.25) is 0 Å². The second-order valence-corrected chi connectivity index (χ2v) is 7.32. The third-order valence-electron chi connectivity index (χ3n) is 4.54. The van der Waals surface area contributed by atoms with Gasteiger partial charge in [0.25, 0.3) is 11.8 Å². The van der Waals surface area contributed by atoms with Crippen LogP contribution in [0.5, 0.6) is 0 Å². The Morgan fingerprint density at radius 3 is 2.29 bits per heavy atom. The highest BCUT2D eigenvalue weighted by Gasteiger charge is 2.58. The maximum absolute atomic E-state index is 13.3. The van der Waals surface area contributed by atoms with E-state index in [9.17, 15) is 9.59 Å². The standard InChI is InChI=1S/C20H26N2O2/c1-7-14-20(8-2)18(24)21(6)17(19(3,4)5)22(20)16(23)15-12-10-9-11-13-15/h7-13,17H,1-2,14H2,3-6H3. The first kappa shape index (κ1) is 18.0. The van der Waals surface area contributed by atoms with E-state index in [0.29, 0.717) is 12.0 Å². The monoisotopic (exact) mass is 326 g/mol. The lowest BCUT2D eigenvalue weighted by Crippen LogP contribution is -2.55. The molecular weight excluding hydrogens is 300 g/mol. The molecule has 0 radical (unpaired) electrons. The molecule has 1 aliphatic heterocycles. The third kappa shape index (κ3) is 2.66. The highest BCUT2D eigenvalue weighted by atomic mass is 16.2. The molecule has 0 N–H and O–H groups in total. The van der Waals surface area contributed by atoms with Gasteiger partial charge in [0.1, 0.15) is 11.7 Å². The number of carbonyl (C=O) groups is 2. The first-order chi connectivity index (χ1) is 11.2. The maximum atomic E-state index is 13.3. The van der Waals surface area contributed by atoms with Crippen molar-refractivity contribution in [2.24, 2.45) is 5.41 Å². The van der Waals surface area contributed by atoms with Crippen LogP contribution in [0.3, 0.4) is 0 Å². The molecule has 0 aromatic heterocycles. The van der Waals surface area contributed by atoms with Crippen LogP contribution in [0.25, 0.3) is 0 Å². The zero-order valence-electron chi connectivity index (χ0n) is 15.0. The topological polar surface area (TPSA) is 40.6 Å². The summed E-state index contributed by atoms with van der Waals surface area (Å²) in [6.45, 7) is 13.7. The van der Waals surface area contributed by atoms with E-state index in [2.05, 4.69) is 13.2 Å². The van der Waals surface area contributed by atoms with E-state index in [1.54, 1.807) is 41.1 Å². The molecule has 1 aliphatic rings. The smallest absolute Gasteiger partial charge is 0.256 e. The molecule has 1 aromatic carbocycles. The molecule has 2 amide bonds. The van der Waals surface area contributed by atoms with Crippen molar-refractivity contribution in [3.8, 4) is 0 Å². The second kappa shape index (κ2) is 6.27. The van der Waals surface area contributed by atoms with Gasteiger partial charge in [-0.3, -0.25) is 14.5 Å². The number of rotatable bonds is 4. The third-order valence-corrected chi connectivity index (χ3v) is 4.54. The number of hydrogen-bond acceptors (Lipinski definition) is 2. The molecule has 2 atom stereocenters. The van der Waals surface area contributed by atoms with Crippen molar-refractivity contribution >= 4 is 11.8 Å². The van der Waals surface area contributed by atoms with Crippen molar-refractivity contribution in [3.63, 3.8) is 0 Å². The van der Waals surface area contributed by atoms with Crippen molar-refractivity contribution in [2.45, 2.75) is 38.9 Å². The van der Waals surface area contributed by atoms with E-state index >= 15 is 0 Å². The van der Waals surface area contributed by atoms with Gasteiger partial charge in [-0.15, -0.1) is 13.2 Å². The molecule has 1 fully saturated rings. The first-order valence-electron chi connectivity index (χ1n) is 8.11. The second-order valence-electron chi connectivity index (χ2n) is 7.32. The van der Waals surface area contributed by atoms with E-state index < -0.39 is 5.54 Å². The van der Waals surface area contributed by atoms with Gasteiger partial charge in [-0.2, -0.15) is 0 Å². The van der Waals surface area contributed by atoms with Crippen LogP contribution in [0.4, 0.5) is 0 Å². The summed E-state index contributed by atoms with van der Waals surface area (Å²) in [5, 5.41) is 0. The molecule has 4 heteroatoms. The first-order valence-corrected chi connectivity index (χ1v) is 8.11. The number of nitrogens with zero attached hydrogens (tertiary/aromatic N) is 2. The molecule has 1 heterocycles. The molecule has 1 aromatic rings. The zero-order chi connectivity index (χ0) is 18.1. The molecular formula is C20H26N2O2. The van der Waals surface area contributed by atoms with Crippen LogP contribution in [0.15, 0.2) is 55.6 Å². The number of likely N-dealkylation sites (N-methyl/N-ethyl adjacent to an activating group) is 1. The van der Waals surface area contributed by atoms with Gasteiger partial charge >= 0.3 is 0 Å². The average molecular weight is 326 g/mol. The van der Waals surface area contributed by atoms with E-state index in [0.717, 1.165) is 0 Å². The average Bonchev–Trinajstić information content (AvgIpc) is 2.77. The van der Waals surface area contributed by atoms with Crippen molar-refractivity contribution in [1.29, 1.82) is 0 Å². The Kier molecular flexibility index (Phi) is 4.70. The van der Waals surface area contributed by atoms with E-state index in [-0.39, 0.29) is 23.4 Å². The Labute approximate surface area is 144 Å². The predicted octanol–water partition coefficient (Wildman–Crippen LogP) is 3.47. The van der Waals surface area contributed by atoms with Crippen molar-refractivity contribution in [1.82, 2.24) is 9.80 Å². The zero-order valence-corrected chi connectivity index (χ0v) is 15.0. The van der Waals surface area contributed by atoms with Crippen LogP contribution < -0.4 is 0 Å². The summed E-state index contributed by atoms with van der Waals surface area (Å²) in [5.41, 5.74) is -0.840. The highest BCUT2D eigenvalue weighted by molar-refractivity contribution is 6.03. The summed E-state index contributed by atoms with van der Waals surface area (Å²) in [4.78, 5) is 29.7. The summed E-state index contributed by atoms with van der Waals surface area (Å²) in [7, 11) is 1.75. The molecule has 0 saturated carbocycles. The lowest BCUT2D eigenvalue weighted by atomic mass is 9.88. The summed E-state index contributed by atoms with van der Waals surface area (Å²) >= 11 is 0. The fourth-order valence-corrected chi connectivity index (χ4v) is 3.57. The van der Waals surface area contributed by atoms with Gasteiger partial charge in [-0.1, -0.05) is 51.1 Å². The molecule has 0 aliphatic carbocycles.